The number of rotatable bonds is 4. The van der Waals surface area contributed by atoms with Gasteiger partial charge in [-0.3, -0.25) is 0 Å². The summed E-state index contributed by atoms with van der Waals surface area (Å²) in [4.78, 5) is 0.0555. The molecule has 0 unspecified atom stereocenters. The normalized spacial score (nSPS) is 11.4. The van der Waals surface area contributed by atoms with Crippen LogP contribution in [0.5, 0.6) is 5.75 Å². The van der Waals surface area contributed by atoms with Gasteiger partial charge in [0.05, 0.1) is 16.0 Å². The summed E-state index contributed by atoms with van der Waals surface area (Å²) in [7, 11) is 1.52. The Morgan fingerprint density at radius 3 is 2.60 bits per heavy atom. The molecule has 0 radical (unpaired) electrons. The quantitative estimate of drug-likeness (QED) is 0.802. The van der Waals surface area contributed by atoms with Crippen molar-refractivity contribution in [3.8, 4) is 5.75 Å². The first-order valence-electron chi connectivity index (χ1n) is 4.32. The molecule has 0 amide bonds. The van der Waals surface area contributed by atoms with E-state index >= 15 is 0 Å². The molecular weight excluding hydrogens is 304 g/mol. The van der Waals surface area contributed by atoms with Crippen LogP contribution in [0.4, 0.5) is 0 Å². The molecule has 0 N–H and O–H groups in total. The van der Waals surface area contributed by atoms with Crippen LogP contribution in [0.2, 0.25) is 0 Å². The minimum absolute atomic E-state index is 0.0555. The maximum Gasteiger partial charge on any atom is 0.261 e. The molecule has 0 saturated heterocycles. The molecule has 0 atom stereocenters. The molecule has 1 rings (SSSR count). The Labute approximate surface area is 102 Å². The van der Waals surface area contributed by atoms with Gasteiger partial charge >= 0.3 is 0 Å². The number of ether oxygens (including phenoxy) is 1. The summed E-state index contributed by atoms with van der Waals surface area (Å²) in [6.45, 7) is 2.58. The van der Waals surface area contributed by atoms with Gasteiger partial charge < -0.3 is 4.74 Å². The van der Waals surface area contributed by atoms with Crippen molar-refractivity contribution >= 4 is 35.7 Å². The highest BCUT2D eigenvalue weighted by molar-refractivity contribution is 9.10. The highest BCUT2D eigenvalue weighted by Crippen LogP contribution is 2.29. The van der Waals surface area contributed by atoms with Crippen LogP contribution in [0.3, 0.4) is 0 Å². The number of hydrogen-bond donors (Lipinski definition) is 0. The second-order valence-corrected chi connectivity index (χ2v) is 6.30. The predicted octanol–water partition coefficient (Wildman–Crippen LogP) is 3.17. The van der Waals surface area contributed by atoms with Crippen LogP contribution in [0.25, 0.3) is 0 Å². The van der Waals surface area contributed by atoms with Gasteiger partial charge in [-0.05, 0) is 40.5 Å². The summed E-state index contributed by atoms with van der Waals surface area (Å²) < 4.78 is 28.0. The monoisotopic (exact) mass is 312 g/mol. The van der Waals surface area contributed by atoms with E-state index in [4.69, 9.17) is 15.4 Å². The highest BCUT2D eigenvalue weighted by atomic mass is 79.9. The Hall–Kier alpha value is -0.260. The third kappa shape index (κ3) is 3.66. The zero-order valence-corrected chi connectivity index (χ0v) is 11.2. The maximum atomic E-state index is 11.0. The summed E-state index contributed by atoms with van der Waals surface area (Å²) in [5.74, 6) is 0.612. The van der Waals surface area contributed by atoms with Gasteiger partial charge in [0.1, 0.15) is 5.75 Å². The van der Waals surface area contributed by atoms with E-state index < -0.39 is 9.05 Å². The van der Waals surface area contributed by atoms with Gasteiger partial charge in [0.2, 0.25) is 0 Å². The lowest BCUT2D eigenvalue weighted by Crippen LogP contribution is -1.97. The van der Waals surface area contributed by atoms with Gasteiger partial charge in [-0.25, -0.2) is 8.42 Å². The minimum Gasteiger partial charge on any atom is -0.492 e. The van der Waals surface area contributed by atoms with E-state index in [0.29, 0.717) is 16.8 Å². The predicted molar refractivity (Wildman–Crippen MR) is 63.0 cm³/mol. The van der Waals surface area contributed by atoms with Crippen LogP contribution in [-0.4, -0.2) is 15.0 Å². The largest absolute Gasteiger partial charge is 0.492 e. The molecule has 0 aliphatic rings. The van der Waals surface area contributed by atoms with Crippen LogP contribution in [0.15, 0.2) is 27.6 Å². The van der Waals surface area contributed by atoms with Crippen molar-refractivity contribution in [1.82, 2.24) is 0 Å². The van der Waals surface area contributed by atoms with E-state index in [2.05, 4.69) is 15.9 Å². The van der Waals surface area contributed by atoms with Gasteiger partial charge in [0.15, 0.2) is 0 Å². The SMILES string of the molecule is CCCOc1ccc(S(=O)(=O)Cl)cc1Br. The Morgan fingerprint density at radius 2 is 2.13 bits per heavy atom. The standard InChI is InChI=1S/C9H10BrClO3S/c1-2-5-14-9-4-3-7(6-8(9)10)15(11,12)13/h3-4,6H,2,5H2,1H3. The lowest BCUT2D eigenvalue weighted by Gasteiger charge is -2.07. The average molecular weight is 314 g/mol. The molecule has 15 heavy (non-hydrogen) atoms. The zero-order valence-electron chi connectivity index (χ0n) is 8.04. The van der Waals surface area contributed by atoms with Crippen molar-refractivity contribution in [1.29, 1.82) is 0 Å². The van der Waals surface area contributed by atoms with Crippen LogP contribution in [-0.2, 0) is 9.05 Å². The van der Waals surface area contributed by atoms with Crippen molar-refractivity contribution in [2.75, 3.05) is 6.61 Å². The van der Waals surface area contributed by atoms with Gasteiger partial charge in [-0.1, -0.05) is 6.92 Å². The zero-order chi connectivity index (χ0) is 11.5. The van der Waals surface area contributed by atoms with E-state index in [1.165, 1.54) is 12.1 Å². The van der Waals surface area contributed by atoms with E-state index in [9.17, 15) is 8.42 Å². The Balaban J connectivity index is 2.99. The molecule has 0 fully saturated rings. The second-order valence-electron chi connectivity index (χ2n) is 2.88. The molecule has 0 aromatic heterocycles. The van der Waals surface area contributed by atoms with Gasteiger partial charge in [0.25, 0.3) is 9.05 Å². The fourth-order valence-electron chi connectivity index (χ4n) is 0.962. The number of halogens is 2. The van der Waals surface area contributed by atoms with Crippen LogP contribution in [0, 0.1) is 0 Å². The molecular formula is C9H10BrClO3S. The first kappa shape index (κ1) is 12.8. The third-order valence-corrected chi connectivity index (χ3v) is 3.62. The summed E-state index contributed by atoms with van der Waals surface area (Å²) in [5, 5.41) is 0. The van der Waals surface area contributed by atoms with E-state index in [1.54, 1.807) is 6.07 Å². The van der Waals surface area contributed by atoms with E-state index in [0.717, 1.165) is 6.42 Å². The lowest BCUT2D eigenvalue weighted by atomic mass is 10.3. The fourth-order valence-corrected chi connectivity index (χ4v) is 2.38. The molecule has 0 aliphatic carbocycles. The third-order valence-electron chi connectivity index (χ3n) is 1.65. The van der Waals surface area contributed by atoms with Gasteiger partial charge in [-0.2, -0.15) is 0 Å². The van der Waals surface area contributed by atoms with E-state index in [-0.39, 0.29) is 4.90 Å². The molecule has 0 spiro atoms. The molecule has 1 aromatic carbocycles. The summed E-state index contributed by atoms with van der Waals surface area (Å²) >= 11 is 3.22. The van der Waals surface area contributed by atoms with Crippen molar-refractivity contribution in [2.45, 2.75) is 18.2 Å². The minimum atomic E-state index is -3.68. The molecule has 6 heteroatoms. The average Bonchev–Trinajstić information content (AvgIpc) is 2.14. The van der Waals surface area contributed by atoms with Crippen molar-refractivity contribution < 1.29 is 13.2 Å². The van der Waals surface area contributed by atoms with Crippen molar-refractivity contribution in [3.05, 3.63) is 22.7 Å². The number of benzene rings is 1. The first-order chi connectivity index (χ1) is 6.95. The molecule has 0 saturated carbocycles. The topological polar surface area (TPSA) is 43.4 Å². The summed E-state index contributed by atoms with van der Waals surface area (Å²) in [6, 6.07) is 4.42. The van der Waals surface area contributed by atoms with Crippen LogP contribution in [0.1, 0.15) is 13.3 Å². The highest BCUT2D eigenvalue weighted by Gasteiger charge is 2.12. The molecule has 0 aliphatic heterocycles. The maximum absolute atomic E-state index is 11.0. The van der Waals surface area contributed by atoms with Crippen molar-refractivity contribution in [2.24, 2.45) is 0 Å². The smallest absolute Gasteiger partial charge is 0.261 e. The second kappa shape index (κ2) is 5.18. The Kier molecular flexibility index (Phi) is 4.43. The number of hydrogen-bond acceptors (Lipinski definition) is 3. The van der Waals surface area contributed by atoms with E-state index in [1.807, 2.05) is 6.92 Å². The van der Waals surface area contributed by atoms with Gasteiger partial charge in [0, 0.05) is 10.7 Å². The summed E-state index contributed by atoms with van der Waals surface area (Å²) in [6.07, 6.45) is 0.891. The first-order valence-corrected chi connectivity index (χ1v) is 7.42. The Bertz CT molecular complexity index is 445. The van der Waals surface area contributed by atoms with Crippen molar-refractivity contribution in [3.63, 3.8) is 0 Å². The fraction of sp³-hybridized carbons (Fsp3) is 0.333. The Morgan fingerprint density at radius 1 is 1.47 bits per heavy atom. The van der Waals surface area contributed by atoms with Crippen LogP contribution >= 0.6 is 26.6 Å². The molecule has 84 valence electrons. The van der Waals surface area contributed by atoms with Gasteiger partial charge in [-0.15, -0.1) is 0 Å². The lowest BCUT2D eigenvalue weighted by molar-refractivity contribution is 0.315. The molecule has 3 nitrogen and oxygen atoms in total. The summed E-state index contributed by atoms with van der Waals surface area (Å²) in [5.41, 5.74) is 0. The molecule has 0 bridgehead atoms. The van der Waals surface area contributed by atoms with Crippen LogP contribution < -0.4 is 4.74 Å². The molecule has 0 heterocycles. The molecule has 1 aromatic rings.